The minimum Gasteiger partial charge on any atom is -0.390 e. The molecule has 0 spiro atoms. The summed E-state index contributed by atoms with van der Waals surface area (Å²) in [6.45, 7) is 1.99. The molecule has 100 valence electrons. The minimum absolute atomic E-state index is 0.543. The van der Waals surface area contributed by atoms with Crippen LogP contribution in [0.3, 0.4) is 0 Å². The molecule has 2 rings (SSSR count). The summed E-state index contributed by atoms with van der Waals surface area (Å²) in [5.74, 6) is 0.862. The van der Waals surface area contributed by atoms with E-state index in [0.717, 1.165) is 18.8 Å². The molecule has 0 aliphatic heterocycles. The molecule has 1 unspecified atom stereocenters. The van der Waals surface area contributed by atoms with Gasteiger partial charge in [0.1, 0.15) is 0 Å². The minimum atomic E-state index is -0.543. The predicted molar refractivity (Wildman–Crippen MR) is 76.6 cm³/mol. The van der Waals surface area contributed by atoms with E-state index in [-0.39, 0.29) is 0 Å². The Hall–Kier alpha value is -0.820. The molecule has 18 heavy (non-hydrogen) atoms. The summed E-state index contributed by atoms with van der Waals surface area (Å²) >= 11 is 0. The van der Waals surface area contributed by atoms with Gasteiger partial charge < -0.3 is 5.11 Å². The van der Waals surface area contributed by atoms with Crippen molar-refractivity contribution in [2.45, 2.75) is 63.9 Å². The molecule has 0 amide bonds. The van der Waals surface area contributed by atoms with Crippen molar-refractivity contribution in [3.63, 3.8) is 0 Å². The Morgan fingerprint density at radius 1 is 1.11 bits per heavy atom. The second-order valence-corrected chi connectivity index (χ2v) is 6.20. The number of benzene rings is 1. The van der Waals surface area contributed by atoms with Crippen molar-refractivity contribution < 1.29 is 5.11 Å². The Bertz CT molecular complexity index is 336. The number of rotatable bonds is 5. The summed E-state index contributed by atoms with van der Waals surface area (Å²) in [7, 11) is 0. The third kappa shape index (κ3) is 4.45. The Morgan fingerprint density at radius 2 is 1.78 bits per heavy atom. The Labute approximate surface area is 111 Å². The van der Waals surface area contributed by atoms with E-state index in [1.165, 1.54) is 44.1 Å². The predicted octanol–water partition coefficient (Wildman–Crippen LogP) is 4.34. The first-order chi connectivity index (χ1) is 8.66. The lowest BCUT2D eigenvalue weighted by atomic mass is 9.82. The quantitative estimate of drug-likeness (QED) is 0.819. The van der Waals surface area contributed by atoms with E-state index in [1.54, 1.807) is 0 Å². The third-order valence-corrected chi connectivity index (χ3v) is 4.24. The van der Waals surface area contributed by atoms with Crippen molar-refractivity contribution >= 4 is 0 Å². The fraction of sp³-hybridized carbons (Fsp3) is 0.647. The molecule has 1 aliphatic rings. The molecular formula is C17H26O. The van der Waals surface area contributed by atoms with Crippen LogP contribution in [0, 0.1) is 5.92 Å². The highest BCUT2D eigenvalue weighted by molar-refractivity contribution is 5.16. The normalized spacial score (nSPS) is 20.6. The smallest absolute Gasteiger partial charge is 0.0660 e. The lowest BCUT2D eigenvalue weighted by Crippen LogP contribution is -2.28. The first-order valence-corrected chi connectivity index (χ1v) is 7.42. The van der Waals surface area contributed by atoms with Gasteiger partial charge in [0.15, 0.2) is 0 Å². The second-order valence-electron chi connectivity index (χ2n) is 6.20. The monoisotopic (exact) mass is 246 g/mol. The molecule has 1 aromatic rings. The van der Waals surface area contributed by atoms with Crippen molar-refractivity contribution in [3.05, 3.63) is 35.9 Å². The van der Waals surface area contributed by atoms with Gasteiger partial charge in [-0.15, -0.1) is 0 Å². The highest BCUT2D eigenvalue weighted by atomic mass is 16.3. The van der Waals surface area contributed by atoms with E-state index in [9.17, 15) is 5.11 Å². The summed E-state index contributed by atoms with van der Waals surface area (Å²) in [5, 5.41) is 10.5. The van der Waals surface area contributed by atoms with Crippen LogP contribution in [0.15, 0.2) is 30.3 Å². The maximum absolute atomic E-state index is 10.5. The molecule has 1 N–H and O–H groups in total. The van der Waals surface area contributed by atoms with Gasteiger partial charge in [-0.05, 0) is 31.2 Å². The van der Waals surface area contributed by atoms with Crippen LogP contribution in [0.1, 0.15) is 57.4 Å². The van der Waals surface area contributed by atoms with Crippen LogP contribution in [0.25, 0.3) is 0 Å². The van der Waals surface area contributed by atoms with Gasteiger partial charge in [-0.3, -0.25) is 0 Å². The first-order valence-electron chi connectivity index (χ1n) is 7.42. The van der Waals surface area contributed by atoms with Crippen LogP contribution in [-0.4, -0.2) is 10.7 Å². The molecule has 1 heteroatoms. The van der Waals surface area contributed by atoms with Crippen LogP contribution in [-0.2, 0) is 6.42 Å². The first kappa shape index (κ1) is 13.6. The van der Waals surface area contributed by atoms with Gasteiger partial charge in [0.2, 0.25) is 0 Å². The van der Waals surface area contributed by atoms with E-state index < -0.39 is 5.60 Å². The van der Waals surface area contributed by atoms with Crippen molar-refractivity contribution in [1.82, 2.24) is 0 Å². The van der Waals surface area contributed by atoms with Gasteiger partial charge in [0.05, 0.1) is 5.60 Å². The number of hydrogen-bond donors (Lipinski definition) is 1. The maximum atomic E-state index is 10.5. The van der Waals surface area contributed by atoms with Crippen LogP contribution < -0.4 is 0 Å². The average molecular weight is 246 g/mol. The van der Waals surface area contributed by atoms with Crippen molar-refractivity contribution in [3.8, 4) is 0 Å². The Morgan fingerprint density at radius 3 is 2.44 bits per heavy atom. The fourth-order valence-electron chi connectivity index (χ4n) is 3.11. The van der Waals surface area contributed by atoms with Crippen LogP contribution in [0.2, 0.25) is 0 Å². The van der Waals surface area contributed by atoms with E-state index in [0.29, 0.717) is 0 Å². The topological polar surface area (TPSA) is 20.2 Å². The Kier molecular flexibility index (Phi) is 4.82. The zero-order chi connectivity index (χ0) is 12.8. The van der Waals surface area contributed by atoms with Gasteiger partial charge in [-0.2, -0.15) is 0 Å². The Balaban J connectivity index is 1.79. The summed E-state index contributed by atoms with van der Waals surface area (Å²) in [5.41, 5.74) is 0.699. The van der Waals surface area contributed by atoms with Gasteiger partial charge in [-0.1, -0.05) is 62.4 Å². The maximum Gasteiger partial charge on any atom is 0.0660 e. The highest BCUT2D eigenvalue weighted by Crippen LogP contribution is 2.30. The summed E-state index contributed by atoms with van der Waals surface area (Å²) in [6, 6.07) is 10.3. The standard InChI is InChI=1S/C17H26O/c1-17(18,14-16-10-6-3-7-11-16)13-12-15-8-4-2-5-9-15/h3,6-7,10-11,15,18H,2,4-5,8-9,12-14H2,1H3. The zero-order valence-electron chi connectivity index (χ0n) is 11.6. The lowest BCUT2D eigenvalue weighted by Gasteiger charge is -2.28. The van der Waals surface area contributed by atoms with Crippen LogP contribution >= 0.6 is 0 Å². The van der Waals surface area contributed by atoms with Crippen molar-refractivity contribution in [2.24, 2.45) is 5.92 Å². The lowest BCUT2D eigenvalue weighted by molar-refractivity contribution is 0.0424. The van der Waals surface area contributed by atoms with E-state index in [2.05, 4.69) is 12.1 Å². The van der Waals surface area contributed by atoms with Gasteiger partial charge in [0.25, 0.3) is 0 Å². The largest absolute Gasteiger partial charge is 0.390 e. The third-order valence-electron chi connectivity index (χ3n) is 4.24. The highest BCUT2D eigenvalue weighted by Gasteiger charge is 2.23. The molecule has 0 radical (unpaired) electrons. The van der Waals surface area contributed by atoms with Crippen molar-refractivity contribution in [2.75, 3.05) is 0 Å². The van der Waals surface area contributed by atoms with E-state index in [1.807, 2.05) is 25.1 Å². The van der Waals surface area contributed by atoms with Crippen LogP contribution in [0.4, 0.5) is 0 Å². The van der Waals surface area contributed by atoms with Crippen LogP contribution in [0.5, 0.6) is 0 Å². The number of aliphatic hydroxyl groups is 1. The summed E-state index contributed by atoms with van der Waals surface area (Å²) < 4.78 is 0. The zero-order valence-corrected chi connectivity index (χ0v) is 11.6. The SMILES string of the molecule is CC(O)(CCC1CCCCC1)Cc1ccccc1. The van der Waals surface area contributed by atoms with E-state index in [4.69, 9.17) is 0 Å². The average Bonchev–Trinajstić information content (AvgIpc) is 2.38. The molecule has 1 atom stereocenters. The van der Waals surface area contributed by atoms with E-state index >= 15 is 0 Å². The number of hydrogen-bond acceptors (Lipinski definition) is 1. The molecular weight excluding hydrogens is 220 g/mol. The molecule has 1 fully saturated rings. The molecule has 1 nitrogen and oxygen atoms in total. The molecule has 1 aliphatic carbocycles. The molecule has 0 aromatic heterocycles. The summed E-state index contributed by atoms with van der Waals surface area (Å²) in [4.78, 5) is 0. The molecule has 0 saturated heterocycles. The van der Waals surface area contributed by atoms with Gasteiger partial charge >= 0.3 is 0 Å². The molecule has 0 bridgehead atoms. The van der Waals surface area contributed by atoms with Gasteiger partial charge in [0, 0.05) is 6.42 Å². The summed E-state index contributed by atoms with van der Waals surface area (Å²) in [6.07, 6.45) is 9.86. The second kappa shape index (κ2) is 6.38. The fourth-order valence-corrected chi connectivity index (χ4v) is 3.11. The van der Waals surface area contributed by atoms with Crippen molar-refractivity contribution in [1.29, 1.82) is 0 Å². The molecule has 1 aromatic carbocycles. The molecule has 1 saturated carbocycles. The van der Waals surface area contributed by atoms with Gasteiger partial charge in [-0.25, -0.2) is 0 Å². The molecule has 0 heterocycles.